The molecule has 2 aromatic rings. The Morgan fingerprint density at radius 3 is 2.15 bits per heavy atom. The fourth-order valence-corrected chi connectivity index (χ4v) is 3.07. The maximum absolute atomic E-state index is 12.9. The second kappa shape index (κ2) is 6.82. The van der Waals surface area contributed by atoms with E-state index in [4.69, 9.17) is 0 Å². The van der Waals surface area contributed by atoms with Crippen molar-refractivity contribution in [3.8, 4) is 0 Å². The molecule has 7 heteroatoms. The molecule has 0 spiro atoms. The summed E-state index contributed by atoms with van der Waals surface area (Å²) in [5, 5.41) is 0. The molecule has 1 heterocycles. The third-order valence-corrected chi connectivity index (χ3v) is 4.29. The van der Waals surface area contributed by atoms with E-state index >= 15 is 0 Å². The van der Waals surface area contributed by atoms with Crippen molar-refractivity contribution in [1.82, 2.24) is 0 Å². The van der Waals surface area contributed by atoms with E-state index in [0.29, 0.717) is 30.9 Å². The van der Waals surface area contributed by atoms with E-state index in [1.165, 1.54) is 24.0 Å². The molecule has 26 heavy (non-hydrogen) atoms. The third-order valence-electron chi connectivity index (χ3n) is 4.29. The Morgan fingerprint density at radius 2 is 1.54 bits per heavy atom. The quantitative estimate of drug-likeness (QED) is 0.766. The summed E-state index contributed by atoms with van der Waals surface area (Å²) in [6.07, 6.45) is -3.99. The predicted octanol–water partition coefficient (Wildman–Crippen LogP) is 4.11. The van der Waals surface area contributed by atoms with Crippen molar-refractivity contribution in [3.63, 3.8) is 0 Å². The third kappa shape index (κ3) is 3.42. The highest BCUT2D eigenvalue weighted by molar-refractivity contribution is 6.09. The van der Waals surface area contributed by atoms with Crippen molar-refractivity contribution in [1.29, 1.82) is 0 Å². The summed E-state index contributed by atoms with van der Waals surface area (Å²) < 4.78 is 38.8. The highest BCUT2D eigenvalue weighted by Crippen LogP contribution is 2.34. The summed E-state index contributed by atoms with van der Waals surface area (Å²) >= 11 is 0. The molecule has 0 N–H and O–H groups in total. The summed E-state index contributed by atoms with van der Waals surface area (Å²) in [6.45, 7) is 2.20. The van der Waals surface area contributed by atoms with Gasteiger partial charge in [0.2, 0.25) is 5.91 Å². The van der Waals surface area contributed by atoms with Crippen LogP contribution in [0.4, 0.5) is 24.5 Å². The molecular weight excluding hydrogens is 345 g/mol. The van der Waals surface area contributed by atoms with Crippen LogP contribution in [0.5, 0.6) is 0 Å². The van der Waals surface area contributed by atoms with E-state index in [1.807, 2.05) is 0 Å². The number of carbonyl (C=O) groups excluding carboxylic acids is 2. The largest absolute Gasteiger partial charge is 0.416 e. The molecule has 0 radical (unpaired) electrons. The average molecular weight is 362 g/mol. The van der Waals surface area contributed by atoms with Gasteiger partial charge in [0.1, 0.15) is 0 Å². The SMILES string of the molecule is CC(=O)N1CCCN(C(=O)c2cccc(C(F)(F)F)c2)c2ccccc21. The van der Waals surface area contributed by atoms with E-state index < -0.39 is 17.6 Å². The fraction of sp³-hybridized carbons (Fsp3) is 0.263. The Bertz CT molecular complexity index is 849. The lowest BCUT2D eigenvalue weighted by Gasteiger charge is -2.25. The summed E-state index contributed by atoms with van der Waals surface area (Å²) in [6, 6.07) is 11.3. The van der Waals surface area contributed by atoms with E-state index in [0.717, 1.165) is 12.1 Å². The van der Waals surface area contributed by atoms with E-state index in [1.54, 1.807) is 29.2 Å². The predicted molar refractivity (Wildman–Crippen MR) is 92.2 cm³/mol. The van der Waals surface area contributed by atoms with Crippen molar-refractivity contribution >= 4 is 23.2 Å². The van der Waals surface area contributed by atoms with Gasteiger partial charge in [-0.2, -0.15) is 13.2 Å². The first-order valence-corrected chi connectivity index (χ1v) is 8.15. The standard InChI is InChI=1S/C19H17F3N2O2/c1-13(25)23-10-5-11-24(17-9-3-2-8-16(17)23)18(26)14-6-4-7-15(12-14)19(20,21)22/h2-4,6-9,12H,5,10-11H2,1H3. The minimum absolute atomic E-state index is 0.0362. The van der Waals surface area contributed by atoms with Gasteiger partial charge < -0.3 is 9.80 Å². The number of halogens is 3. The molecule has 0 bridgehead atoms. The number of hydrogen-bond donors (Lipinski definition) is 0. The van der Waals surface area contributed by atoms with Gasteiger partial charge >= 0.3 is 6.18 Å². The Kier molecular flexibility index (Phi) is 4.71. The molecule has 2 amide bonds. The molecule has 3 rings (SSSR count). The molecule has 0 aromatic heterocycles. The van der Waals surface area contributed by atoms with E-state index in [2.05, 4.69) is 0 Å². The van der Waals surface area contributed by atoms with Crippen LogP contribution in [0, 0.1) is 0 Å². The number of alkyl halides is 3. The van der Waals surface area contributed by atoms with Crippen LogP contribution in [-0.2, 0) is 11.0 Å². The van der Waals surface area contributed by atoms with Gasteiger partial charge in [0.25, 0.3) is 5.91 Å². The van der Waals surface area contributed by atoms with Gasteiger partial charge in [-0.05, 0) is 36.8 Å². The molecule has 0 atom stereocenters. The minimum atomic E-state index is -4.52. The van der Waals surface area contributed by atoms with Crippen molar-refractivity contribution in [2.45, 2.75) is 19.5 Å². The lowest BCUT2D eigenvalue weighted by atomic mass is 10.1. The average Bonchev–Trinajstić information content (AvgIpc) is 2.80. The summed E-state index contributed by atoms with van der Waals surface area (Å²) in [4.78, 5) is 27.9. The van der Waals surface area contributed by atoms with Crippen LogP contribution < -0.4 is 9.80 Å². The zero-order chi connectivity index (χ0) is 18.9. The summed E-state index contributed by atoms with van der Waals surface area (Å²) in [7, 11) is 0. The van der Waals surface area contributed by atoms with Crippen molar-refractivity contribution in [3.05, 3.63) is 59.7 Å². The van der Waals surface area contributed by atoms with Crippen LogP contribution in [0.2, 0.25) is 0 Å². The highest BCUT2D eigenvalue weighted by atomic mass is 19.4. The first-order chi connectivity index (χ1) is 12.3. The molecule has 4 nitrogen and oxygen atoms in total. The maximum atomic E-state index is 12.9. The zero-order valence-corrected chi connectivity index (χ0v) is 14.1. The van der Waals surface area contributed by atoms with Gasteiger partial charge in [0.15, 0.2) is 0 Å². The Hall–Kier alpha value is -2.83. The van der Waals surface area contributed by atoms with Crippen molar-refractivity contribution < 1.29 is 22.8 Å². The van der Waals surface area contributed by atoms with Gasteiger partial charge in [0, 0.05) is 25.6 Å². The summed E-state index contributed by atoms with van der Waals surface area (Å²) in [5.74, 6) is -0.667. The topological polar surface area (TPSA) is 40.6 Å². The molecule has 136 valence electrons. The molecule has 0 unspecified atom stereocenters. The molecule has 0 aliphatic carbocycles. The number of nitrogens with zero attached hydrogens (tertiary/aromatic N) is 2. The van der Waals surface area contributed by atoms with Gasteiger partial charge in [-0.3, -0.25) is 9.59 Å². The van der Waals surface area contributed by atoms with E-state index in [-0.39, 0.29) is 11.5 Å². The van der Waals surface area contributed by atoms with Crippen LogP contribution in [0.25, 0.3) is 0 Å². The van der Waals surface area contributed by atoms with Crippen molar-refractivity contribution in [2.24, 2.45) is 0 Å². The number of carbonyl (C=O) groups is 2. The lowest BCUT2D eigenvalue weighted by Crippen LogP contribution is -2.31. The number of para-hydroxylation sites is 2. The van der Waals surface area contributed by atoms with Crippen LogP contribution >= 0.6 is 0 Å². The van der Waals surface area contributed by atoms with Crippen LogP contribution in [0.1, 0.15) is 29.3 Å². The molecule has 2 aromatic carbocycles. The molecule has 0 saturated carbocycles. The Balaban J connectivity index is 2.02. The van der Waals surface area contributed by atoms with Gasteiger partial charge in [-0.1, -0.05) is 18.2 Å². The normalized spacial score (nSPS) is 14.6. The fourth-order valence-electron chi connectivity index (χ4n) is 3.07. The number of benzene rings is 2. The highest BCUT2D eigenvalue weighted by Gasteiger charge is 2.32. The lowest BCUT2D eigenvalue weighted by molar-refractivity contribution is -0.137. The molecule has 0 fully saturated rings. The first kappa shape index (κ1) is 18.0. The van der Waals surface area contributed by atoms with E-state index in [9.17, 15) is 22.8 Å². The van der Waals surface area contributed by atoms with Gasteiger partial charge in [0.05, 0.1) is 16.9 Å². The first-order valence-electron chi connectivity index (χ1n) is 8.15. The molecule has 0 saturated heterocycles. The van der Waals surface area contributed by atoms with Crippen molar-refractivity contribution in [2.75, 3.05) is 22.9 Å². The zero-order valence-electron chi connectivity index (χ0n) is 14.1. The maximum Gasteiger partial charge on any atom is 0.416 e. The molecule has 1 aliphatic heterocycles. The molecular formula is C19H17F3N2O2. The number of hydrogen-bond acceptors (Lipinski definition) is 2. The Morgan fingerprint density at radius 1 is 0.923 bits per heavy atom. The number of fused-ring (bicyclic) bond motifs is 1. The number of amides is 2. The van der Waals surface area contributed by atoms with Crippen LogP contribution in [0.15, 0.2) is 48.5 Å². The van der Waals surface area contributed by atoms with Gasteiger partial charge in [-0.15, -0.1) is 0 Å². The second-order valence-corrected chi connectivity index (χ2v) is 6.05. The smallest absolute Gasteiger partial charge is 0.311 e. The Labute approximate surface area is 148 Å². The second-order valence-electron chi connectivity index (χ2n) is 6.05. The molecule has 1 aliphatic rings. The van der Waals surface area contributed by atoms with Crippen LogP contribution in [-0.4, -0.2) is 24.9 Å². The number of anilines is 2. The minimum Gasteiger partial charge on any atom is -0.311 e. The monoisotopic (exact) mass is 362 g/mol. The van der Waals surface area contributed by atoms with Crippen LogP contribution in [0.3, 0.4) is 0 Å². The summed E-state index contributed by atoms with van der Waals surface area (Å²) in [5.41, 5.74) is 0.197. The van der Waals surface area contributed by atoms with Gasteiger partial charge in [-0.25, -0.2) is 0 Å². The number of rotatable bonds is 1.